The molecule has 0 aliphatic rings. The molecule has 1 amide bonds. The molecule has 1 heterocycles. The summed E-state index contributed by atoms with van der Waals surface area (Å²) in [6.07, 6.45) is 2.74. The van der Waals surface area contributed by atoms with E-state index in [1.54, 1.807) is 24.3 Å². The van der Waals surface area contributed by atoms with E-state index in [4.69, 9.17) is 23.2 Å². The van der Waals surface area contributed by atoms with Crippen molar-refractivity contribution in [3.63, 3.8) is 0 Å². The van der Waals surface area contributed by atoms with E-state index in [1.807, 2.05) is 0 Å². The van der Waals surface area contributed by atoms with Gasteiger partial charge in [0, 0.05) is 12.4 Å². The van der Waals surface area contributed by atoms with Crippen molar-refractivity contribution >= 4 is 34.8 Å². The maximum absolute atomic E-state index is 11.8. The Morgan fingerprint density at radius 3 is 2.79 bits per heavy atom. The smallest absolute Gasteiger partial charge is 0.288 e. The van der Waals surface area contributed by atoms with E-state index >= 15 is 0 Å². The fourth-order valence-electron chi connectivity index (χ4n) is 1.45. The quantitative estimate of drug-likeness (QED) is 0.944. The molecule has 0 radical (unpaired) electrons. The molecule has 0 saturated carbocycles. The Balaban J connectivity index is 2.12. The fraction of sp³-hybridized carbons (Fsp3) is 0.0833. The second kappa shape index (κ2) is 5.86. The summed E-state index contributed by atoms with van der Waals surface area (Å²) in [4.78, 5) is 27.0. The molecule has 0 fully saturated rings. The van der Waals surface area contributed by atoms with Gasteiger partial charge in [-0.1, -0.05) is 35.3 Å². The summed E-state index contributed by atoms with van der Waals surface area (Å²) in [5.41, 5.74) is -0.0270. The average molecular weight is 298 g/mol. The van der Waals surface area contributed by atoms with Crippen molar-refractivity contribution in [2.75, 3.05) is 5.32 Å². The van der Waals surface area contributed by atoms with Crippen LogP contribution >= 0.6 is 23.2 Å². The molecule has 0 aliphatic carbocycles. The van der Waals surface area contributed by atoms with Gasteiger partial charge < -0.3 is 9.88 Å². The molecule has 19 heavy (non-hydrogen) atoms. The Bertz CT molecular complexity index is 670. The number of hydrogen-bond donors (Lipinski definition) is 1. The van der Waals surface area contributed by atoms with Crippen molar-refractivity contribution in [1.29, 1.82) is 0 Å². The normalized spacial score (nSPS) is 10.2. The molecule has 0 bridgehead atoms. The first-order valence-electron chi connectivity index (χ1n) is 5.33. The second-order valence-corrected chi connectivity index (χ2v) is 4.44. The number of anilines is 1. The van der Waals surface area contributed by atoms with Crippen LogP contribution in [0.3, 0.4) is 0 Å². The first kappa shape index (κ1) is 13.6. The minimum atomic E-state index is -0.515. The zero-order chi connectivity index (χ0) is 13.8. The van der Waals surface area contributed by atoms with Gasteiger partial charge >= 0.3 is 0 Å². The molecule has 2 rings (SSSR count). The third-order valence-electron chi connectivity index (χ3n) is 2.33. The van der Waals surface area contributed by atoms with Crippen LogP contribution in [0, 0.1) is 0 Å². The van der Waals surface area contributed by atoms with Gasteiger partial charge in [-0.3, -0.25) is 9.59 Å². The summed E-state index contributed by atoms with van der Waals surface area (Å²) >= 11 is 11.5. The van der Waals surface area contributed by atoms with Crippen LogP contribution in [0.5, 0.6) is 0 Å². The Morgan fingerprint density at radius 1 is 1.32 bits per heavy atom. The first-order valence-corrected chi connectivity index (χ1v) is 6.09. The number of aromatic nitrogens is 2. The molecule has 1 N–H and O–H groups in total. The molecule has 2 aromatic rings. The van der Waals surface area contributed by atoms with Gasteiger partial charge in [-0.25, -0.2) is 4.98 Å². The van der Waals surface area contributed by atoms with E-state index < -0.39 is 5.56 Å². The van der Waals surface area contributed by atoms with Gasteiger partial charge in [0.2, 0.25) is 5.91 Å². The summed E-state index contributed by atoms with van der Waals surface area (Å²) in [5, 5.41) is 2.86. The number of hydrogen-bond acceptors (Lipinski definition) is 3. The van der Waals surface area contributed by atoms with E-state index in [0.717, 1.165) is 0 Å². The number of carbonyl (C=O) groups is 1. The third-order valence-corrected chi connectivity index (χ3v) is 2.92. The lowest BCUT2D eigenvalue weighted by molar-refractivity contribution is -0.116. The maximum Gasteiger partial charge on any atom is 0.288 e. The van der Waals surface area contributed by atoms with Crippen LogP contribution in [0.1, 0.15) is 0 Å². The van der Waals surface area contributed by atoms with Crippen LogP contribution in [-0.4, -0.2) is 15.5 Å². The standard InChI is InChI=1S/C12H9Cl2N3O2/c13-8-3-1-2-4-9(8)16-10(18)7-17-6-5-15-11(14)12(17)19/h1-6H,7H2,(H,16,18). The number of benzene rings is 1. The van der Waals surface area contributed by atoms with Crippen molar-refractivity contribution in [3.8, 4) is 0 Å². The van der Waals surface area contributed by atoms with Gasteiger partial charge in [-0.2, -0.15) is 0 Å². The third kappa shape index (κ3) is 3.33. The van der Waals surface area contributed by atoms with E-state index in [0.29, 0.717) is 10.7 Å². The number of nitrogens with zero attached hydrogens (tertiary/aromatic N) is 2. The van der Waals surface area contributed by atoms with Crippen LogP contribution in [-0.2, 0) is 11.3 Å². The van der Waals surface area contributed by atoms with Crippen molar-refractivity contribution in [2.45, 2.75) is 6.54 Å². The average Bonchev–Trinajstić information content (AvgIpc) is 2.38. The minimum absolute atomic E-state index is 0.160. The summed E-state index contributed by atoms with van der Waals surface area (Å²) in [6, 6.07) is 6.83. The molecule has 98 valence electrons. The van der Waals surface area contributed by atoms with E-state index in [9.17, 15) is 9.59 Å². The number of halogens is 2. The molecule has 0 spiro atoms. The van der Waals surface area contributed by atoms with Crippen molar-refractivity contribution in [2.24, 2.45) is 0 Å². The molecule has 5 nitrogen and oxygen atoms in total. The van der Waals surface area contributed by atoms with Crippen LogP contribution < -0.4 is 10.9 Å². The molecule has 0 aliphatic heterocycles. The Hall–Kier alpha value is -1.85. The highest BCUT2D eigenvalue weighted by atomic mass is 35.5. The highest BCUT2D eigenvalue weighted by Gasteiger charge is 2.08. The van der Waals surface area contributed by atoms with Crippen LogP contribution in [0.2, 0.25) is 10.2 Å². The monoisotopic (exact) mass is 297 g/mol. The fourth-order valence-corrected chi connectivity index (χ4v) is 1.80. The second-order valence-electron chi connectivity index (χ2n) is 3.68. The van der Waals surface area contributed by atoms with Gasteiger partial charge in [0.1, 0.15) is 6.54 Å². The Kier molecular flexibility index (Phi) is 4.19. The van der Waals surface area contributed by atoms with Gasteiger partial charge in [-0.05, 0) is 12.1 Å². The van der Waals surface area contributed by atoms with Crippen LogP contribution in [0.15, 0.2) is 41.5 Å². The predicted octanol–water partition coefficient (Wildman–Crippen LogP) is 2.19. The highest BCUT2D eigenvalue weighted by Crippen LogP contribution is 2.20. The molecule has 1 aromatic carbocycles. The molecule has 0 atom stereocenters. The number of rotatable bonds is 3. The zero-order valence-electron chi connectivity index (χ0n) is 9.64. The zero-order valence-corrected chi connectivity index (χ0v) is 11.1. The summed E-state index contributed by atoms with van der Waals surface area (Å²) in [6.45, 7) is -0.160. The molecule has 0 saturated heterocycles. The van der Waals surface area contributed by atoms with Gasteiger partial charge in [0.25, 0.3) is 5.56 Å². The number of para-hydroxylation sites is 1. The van der Waals surface area contributed by atoms with Crippen LogP contribution in [0.4, 0.5) is 5.69 Å². The Morgan fingerprint density at radius 2 is 2.05 bits per heavy atom. The molecule has 7 heteroatoms. The van der Waals surface area contributed by atoms with E-state index in [1.165, 1.54) is 17.0 Å². The van der Waals surface area contributed by atoms with Crippen LogP contribution in [0.25, 0.3) is 0 Å². The maximum atomic E-state index is 11.8. The lowest BCUT2D eigenvalue weighted by Crippen LogP contribution is -2.28. The predicted molar refractivity (Wildman–Crippen MR) is 73.6 cm³/mol. The number of nitrogens with one attached hydrogen (secondary N) is 1. The molecular formula is C12H9Cl2N3O2. The number of carbonyl (C=O) groups excluding carboxylic acids is 1. The summed E-state index contributed by atoms with van der Waals surface area (Å²) < 4.78 is 1.17. The molecular weight excluding hydrogens is 289 g/mol. The van der Waals surface area contributed by atoms with Crippen molar-refractivity contribution < 1.29 is 4.79 Å². The van der Waals surface area contributed by atoms with E-state index in [2.05, 4.69) is 10.3 Å². The van der Waals surface area contributed by atoms with Gasteiger partial charge in [0.15, 0.2) is 5.15 Å². The molecule has 0 unspecified atom stereocenters. The number of amides is 1. The first-order chi connectivity index (χ1) is 9.08. The lowest BCUT2D eigenvalue weighted by Gasteiger charge is -2.08. The summed E-state index contributed by atoms with van der Waals surface area (Å²) in [5.74, 6) is -0.377. The SMILES string of the molecule is O=C(Cn1ccnc(Cl)c1=O)Nc1ccccc1Cl. The molecule has 1 aromatic heterocycles. The largest absolute Gasteiger partial charge is 0.323 e. The minimum Gasteiger partial charge on any atom is -0.323 e. The summed E-state index contributed by atoms with van der Waals surface area (Å²) in [7, 11) is 0. The van der Waals surface area contributed by atoms with Crippen molar-refractivity contribution in [3.05, 3.63) is 57.2 Å². The lowest BCUT2D eigenvalue weighted by atomic mass is 10.3. The Labute approximate surface area is 118 Å². The van der Waals surface area contributed by atoms with Gasteiger partial charge in [0.05, 0.1) is 10.7 Å². The van der Waals surface area contributed by atoms with Crippen molar-refractivity contribution in [1.82, 2.24) is 9.55 Å². The van der Waals surface area contributed by atoms with Gasteiger partial charge in [-0.15, -0.1) is 0 Å². The highest BCUT2D eigenvalue weighted by molar-refractivity contribution is 6.33. The topological polar surface area (TPSA) is 64.0 Å². The van der Waals surface area contributed by atoms with E-state index in [-0.39, 0.29) is 17.6 Å².